The second-order valence-electron chi connectivity index (χ2n) is 2.44. The molecular formula is C9H24N2O3S. The molecule has 6 heteroatoms. The van der Waals surface area contributed by atoms with Gasteiger partial charge in [-0.25, -0.2) is 8.51 Å². The molecule has 1 amide bonds. The zero-order valence-corrected chi connectivity index (χ0v) is 9.02. The Morgan fingerprint density at radius 2 is 2.00 bits per heavy atom. The number of hydrogen-bond donors (Lipinski definition) is 1. The third-order valence-corrected chi connectivity index (χ3v) is 2.40. The average molecular weight is 240 g/mol. The molecule has 15 heavy (non-hydrogen) atoms. The van der Waals surface area contributed by atoms with Crippen molar-refractivity contribution in [3.63, 3.8) is 0 Å². The molecule has 0 heterocycles. The van der Waals surface area contributed by atoms with Crippen molar-refractivity contribution in [1.29, 1.82) is 0 Å². The minimum absolute atomic E-state index is 0. The summed E-state index contributed by atoms with van der Waals surface area (Å²) in [6.45, 7) is 2.90. The molecule has 0 saturated heterocycles. The molecule has 0 aliphatic heterocycles. The Morgan fingerprint density at radius 3 is 2.40 bits per heavy atom. The van der Waals surface area contributed by atoms with E-state index >= 15 is 0 Å². The van der Waals surface area contributed by atoms with Crippen molar-refractivity contribution in [2.75, 3.05) is 27.2 Å². The average Bonchev–Trinajstić information content (AvgIpc) is 2.13. The third-order valence-electron chi connectivity index (χ3n) is 1.42. The first-order chi connectivity index (χ1) is 6.11. The Bertz CT molecular complexity index is 188. The number of hydrogen-bond acceptors (Lipinski definition) is 3. The Hall–Kier alpha value is -0.460. The van der Waals surface area contributed by atoms with E-state index in [9.17, 15) is 9.00 Å². The largest absolute Gasteiger partial charge is 0.356 e. The van der Waals surface area contributed by atoms with Gasteiger partial charge in [-0.15, -0.1) is 0 Å². The summed E-state index contributed by atoms with van der Waals surface area (Å²) in [5.41, 5.74) is 0. The summed E-state index contributed by atoms with van der Waals surface area (Å²) in [4.78, 5) is 11.0. The zero-order valence-electron chi connectivity index (χ0n) is 8.20. The maximum atomic E-state index is 11.0. The molecule has 1 N–H and O–H groups in total. The Morgan fingerprint density at radius 1 is 1.47 bits per heavy atom. The van der Waals surface area contributed by atoms with Crippen LogP contribution in [0.25, 0.3) is 0 Å². The van der Waals surface area contributed by atoms with Gasteiger partial charge in [0, 0.05) is 26.6 Å². The molecule has 0 aromatic heterocycles. The molecule has 0 radical (unpaired) electrons. The van der Waals surface area contributed by atoms with Gasteiger partial charge in [0.05, 0.1) is 7.11 Å². The van der Waals surface area contributed by atoms with Crippen LogP contribution in [0.4, 0.5) is 0 Å². The lowest BCUT2D eigenvalue weighted by Crippen LogP contribution is -2.29. The Labute approximate surface area is 96.0 Å². The molecule has 1 atom stereocenters. The van der Waals surface area contributed by atoms with Crippen molar-refractivity contribution < 1.29 is 13.2 Å². The molecule has 0 fully saturated rings. The van der Waals surface area contributed by atoms with Crippen LogP contribution in [0, 0.1) is 0 Å². The van der Waals surface area contributed by atoms with Gasteiger partial charge in [-0.1, -0.05) is 14.9 Å². The van der Waals surface area contributed by atoms with E-state index < -0.39 is 11.3 Å². The van der Waals surface area contributed by atoms with Crippen LogP contribution in [-0.2, 0) is 20.2 Å². The highest BCUT2D eigenvalue weighted by molar-refractivity contribution is 7.77. The summed E-state index contributed by atoms with van der Waals surface area (Å²) in [5.74, 6) is -0.0394. The molecule has 0 aromatic rings. The second-order valence-corrected chi connectivity index (χ2v) is 3.83. The van der Waals surface area contributed by atoms with Crippen molar-refractivity contribution in [2.24, 2.45) is 0 Å². The molecule has 0 aromatic carbocycles. The van der Waals surface area contributed by atoms with Crippen LogP contribution in [-0.4, -0.2) is 41.7 Å². The minimum atomic E-state index is -1.44. The number of carbonyl (C=O) groups excluding carboxylic acids is 1. The van der Waals surface area contributed by atoms with Crippen molar-refractivity contribution in [3.8, 4) is 0 Å². The van der Waals surface area contributed by atoms with Crippen molar-refractivity contribution in [2.45, 2.75) is 28.2 Å². The number of carbonyl (C=O) groups is 1. The van der Waals surface area contributed by atoms with Crippen molar-refractivity contribution >= 4 is 17.2 Å². The van der Waals surface area contributed by atoms with Crippen molar-refractivity contribution in [3.05, 3.63) is 0 Å². The fourth-order valence-corrected chi connectivity index (χ4v) is 1.24. The quantitative estimate of drug-likeness (QED) is 0.752. The molecule has 1 unspecified atom stereocenters. The first-order valence-electron chi connectivity index (χ1n) is 4.06. The van der Waals surface area contributed by atoms with E-state index in [0.29, 0.717) is 19.5 Å². The Kier molecular flexibility index (Phi) is 15.5. The van der Waals surface area contributed by atoms with Gasteiger partial charge in [0.25, 0.3) is 0 Å². The first-order valence-corrected chi connectivity index (χ1v) is 5.09. The molecule has 0 bridgehead atoms. The lowest BCUT2D eigenvalue weighted by atomic mass is 10.4. The van der Waals surface area contributed by atoms with Gasteiger partial charge in [0.15, 0.2) is 0 Å². The molecule has 0 saturated carbocycles. The normalized spacial score (nSPS) is 11.2. The number of nitrogens with one attached hydrogen (secondary N) is 1. The summed E-state index contributed by atoms with van der Waals surface area (Å²) in [6.07, 6.45) is 0.333. The van der Waals surface area contributed by atoms with Crippen LogP contribution in [0.5, 0.6) is 0 Å². The van der Waals surface area contributed by atoms with Crippen LogP contribution in [0.3, 0.4) is 0 Å². The fourth-order valence-electron chi connectivity index (χ4n) is 0.746. The van der Waals surface area contributed by atoms with E-state index in [1.807, 2.05) is 6.92 Å². The van der Waals surface area contributed by atoms with Crippen LogP contribution in [0.2, 0.25) is 0 Å². The van der Waals surface area contributed by atoms with Gasteiger partial charge in [0.1, 0.15) is 0 Å². The number of nitrogens with zero attached hydrogens (tertiary/aromatic N) is 1. The summed E-state index contributed by atoms with van der Waals surface area (Å²) in [7, 11) is 3.00. The first kappa shape index (κ1) is 20.0. The topological polar surface area (TPSA) is 58.6 Å². The minimum Gasteiger partial charge on any atom is -0.356 e. The van der Waals surface area contributed by atoms with Gasteiger partial charge in [-0.3, -0.25) is 8.98 Å². The molecular weight excluding hydrogens is 216 g/mol. The number of rotatable bonds is 6. The summed E-state index contributed by atoms with van der Waals surface area (Å²) in [6, 6.07) is 0. The lowest BCUT2D eigenvalue weighted by molar-refractivity contribution is -0.121. The van der Waals surface area contributed by atoms with Gasteiger partial charge in [-0.05, 0) is 6.92 Å². The molecule has 0 rings (SSSR count). The standard InChI is InChI=1S/C7H16N2O3S.2CH4/c1-4-8-7(10)5-6-9(2)13(11)12-3;;/h4-6H2,1-3H3,(H,8,10);2*1H4. The Balaban J connectivity index is -0.000000720. The molecule has 0 aliphatic rings. The highest BCUT2D eigenvalue weighted by Gasteiger charge is 2.08. The van der Waals surface area contributed by atoms with Gasteiger partial charge >= 0.3 is 0 Å². The molecule has 0 spiro atoms. The van der Waals surface area contributed by atoms with Gasteiger partial charge < -0.3 is 5.32 Å². The monoisotopic (exact) mass is 240 g/mol. The van der Waals surface area contributed by atoms with E-state index in [-0.39, 0.29) is 20.8 Å². The predicted molar refractivity (Wildman–Crippen MR) is 64.5 cm³/mol. The van der Waals surface area contributed by atoms with Crippen LogP contribution >= 0.6 is 0 Å². The fraction of sp³-hybridized carbons (Fsp3) is 0.889. The van der Waals surface area contributed by atoms with E-state index in [1.54, 1.807) is 7.05 Å². The third kappa shape index (κ3) is 9.84. The lowest BCUT2D eigenvalue weighted by Gasteiger charge is -2.12. The number of amides is 1. The van der Waals surface area contributed by atoms with E-state index in [4.69, 9.17) is 0 Å². The maximum absolute atomic E-state index is 11.0. The highest BCUT2D eigenvalue weighted by Crippen LogP contribution is 1.93. The summed E-state index contributed by atoms with van der Waals surface area (Å²) in [5, 5.41) is 2.65. The van der Waals surface area contributed by atoms with Crippen molar-refractivity contribution in [1.82, 2.24) is 9.62 Å². The maximum Gasteiger partial charge on any atom is 0.236 e. The van der Waals surface area contributed by atoms with Crippen LogP contribution in [0.1, 0.15) is 28.2 Å². The zero-order chi connectivity index (χ0) is 10.3. The second kappa shape index (κ2) is 11.6. The van der Waals surface area contributed by atoms with E-state index in [0.717, 1.165) is 0 Å². The van der Waals surface area contributed by atoms with Crippen LogP contribution < -0.4 is 5.32 Å². The van der Waals surface area contributed by atoms with E-state index in [2.05, 4.69) is 9.50 Å². The van der Waals surface area contributed by atoms with Gasteiger partial charge in [-0.2, -0.15) is 0 Å². The predicted octanol–water partition coefficient (Wildman–Crippen LogP) is 0.942. The molecule has 0 aliphatic carbocycles. The summed E-state index contributed by atoms with van der Waals surface area (Å²) < 4.78 is 17.0. The molecule has 5 nitrogen and oxygen atoms in total. The smallest absolute Gasteiger partial charge is 0.236 e. The SMILES string of the molecule is C.C.CCNC(=O)CCN(C)S(=O)OC. The van der Waals surface area contributed by atoms with Crippen LogP contribution in [0.15, 0.2) is 0 Å². The molecule has 94 valence electrons. The van der Waals surface area contributed by atoms with Gasteiger partial charge in [0.2, 0.25) is 17.2 Å². The van der Waals surface area contributed by atoms with E-state index in [1.165, 1.54) is 11.4 Å². The summed E-state index contributed by atoms with van der Waals surface area (Å²) >= 11 is -1.44. The highest BCUT2D eigenvalue weighted by atomic mass is 32.2.